The van der Waals surface area contributed by atoms with Crippen LogP contribution in [0.15, 0.2) is 24.3 Å². The topological polar surface area (TPSA) is 98.7 Å². The predicted octanol–water partition coefficient (Wildman–Crippen LogP) is 0.393. The molecule has 0 fully saturated rings. The number of carboxylic acid groups (broad SMARTS) is 1. The molecule has 6 nitrogen and oxygen atoms in total. The van der Waals surface area contributed by atoms with Gasteiger partial charge in [0.2, 0.25) is 0 Å². The SMILES string of the molecule is O=C(Nc1ccc(F)cc1)N[C@H](CO)C(=O)O. The lowest BCUT2D eigenvalue weighted by molar-refractivity contribution is -0.140. The third-order valence-corrected chi connectivity index (χ3v) is 1.89. The lowest BCUT2D eigenvalue weighted by Crippen LogP contribution is -2.45. The summed E-state index contributed by atoms with van der Waals surface area (Å²) in [7, 11) is 0. The second kappa shape index (κ2) is 5.80. The molecule has 1 aromatic rings. The molecule has 92 valence electrons. The maximum absolute atomic E-state index is 12.6. The molecule has 0 aliphatic rings. The van der Waals surface area contributed by atoms with Crippen LogP contribution in [0.1, 0.15) is 0 Å². The molecule has 0 unspecified atom stereocenters. The quantitative estimate of drug-likeness (QED) is 0.614. The van der Waals surface area contributed by atoms with Gasteiger partial charge in [0, 0.05) is 5.69 Å². The molecule has 1 aromatic carbocycles. The van der Waals surface area contributed by atoms with Gasteiger partial charge in [0.15, 0.2) is 6.04 Å². The third-order valence-electron chi connectivity index (χ3n) is 1.89. The Balaban J connectivity index is 2.54. The van der Waals surface area contributed by atoms with E-state index in [1.54, 1.807) is 0 Å². The Kier molecular flexibility index (Phi) is 4.41. The van der Waals surface area contributed by atoms with Crippen molar-refractivity contribution in [3.63, 3.8) is 0 Å². The third kappa shape index (κ3) is 4.07. The molecule has 1 rings (SSSR count). The minimum Gasteiger partial charge on any atom is -0.480 e. The van der Waals surface area contributed by atoms with E-state index in [1.165, 1.54) is 12.1 Å². The Bertz CT molecular complexity index is 407. The van der Waals surface area contributed by atoms with Crippen LogP contribution in [0.2, 0.25) is 0 Å². The highest BCUT2D eigenvalue weighted by Gasteiger charge is 2.18. The van der Waals surface area contributed by atoms with Crippen LogP contribution in [0, 0.1) is 5.82 Å². The summed E-state index contributed by atoms with van der Waals surface area (Å²) < 4.78 is 12.6. The van der Waals surface area contributed by atoms with Crippen molar-refractivity contribution in [3.05, 3.63) is 30.1 Å². The molecule has 0 bridgehead atoms. The van der Waals surface area contributed by atoms with Gasteiger partial charge in [0.1, 0.15) is 5.82 Å². The number of hydrogen-bond donors (Lipinski definition) is 4. The second-order valence-electron chi connectivity index (χ2n) is 3.18. The molecular formula is C10H11FN2O4. The van der Waals surface area contributed by atoms with Crippen molar-refractivity contribution in [2.45, 2.75) is 6.04 Å². The molecule has 0 saturated heterocycles. The summed E-state index contributed by atoms with van der Waals surface area (Å²) in [5.41, 5.74) is 0.311. The summed E-state index contributed by atoms with van der Waals surface area (Å²) in [5, 5.41) is 21.6. The fourth-order valence-corrected chi connectivity index (χ4v) is 1.04. The minimum atomic E-state index is -1.38. The van der Waals surface area contributed by atoms with Crippen molar-refractivity contribution in [3.8, 4) is 0 Å². The molecule has 2 amide bonds. The first-order chi connectivity index (χ1) is 8.02. The number of carbonyl (C=O) groups excluding carboxylic acids is 1. The van der Waals surface area contributed by atoms with Crippen LogP contribution in [0.25, 0.3) is 0 Å². The van der Waals surface area contributed by atoms with Gasteiger partial charge in [-0.1, -0.05) is 0 Å². The van der Waals surface area contributed by atoms with Crippen molar-refractivity contribution in [2.24, 2.45) is 0 Å². The molecule has 0 spiro atoms. The fraction of sp³-hybridized carbons (Fsp3) is 0.200. The van der Waals surface area contributed by atoms with Crippen LogP contribution < -0.4 is 10.6 Å². The molecule has 1 atom stereocenters. The van der Waals surface area contributed by atoms with E-state index in [0.717, 1.165) is 12.1 Å². The average molecular weight is 242 g/mol. The maximum Gasteiger partial charge on any atom is 0.328 e. The van der Waals surface area contributed by atoms with Crippen LogP contribution in [-0.2, 0) is 4.79 Å². The van der Waals surface area contributed by atoms with Gasteiger partial charge < -0.3 is 20.8 Å². The summed E-state index contributed by atoms with van der Waals surface area (Å²) in [6, 6.07) is 2.77. The molecule has 0 aliphatic heterocycles. The van der Waals surface area contributed by atoms with Crippen LogP contribution >= 0.6 is 0 Å². The minimum absolute atomic E-state index is 0.311. The largest absolute Gasteiger partial charge is 0.480 e. The smallest absolute Gasteiger partial charge is 0.328 e. The lowest BCUT2D eigenvalue weighted by atomic mass is 10.3. The molecule has 17 heavy (non-hydrogen) atoms. The van der Waals surface area contributed by atoms with Crippen LogP contribution in [0.3, 0.4) is 0 Å². The van der Waals surface area contributed by atoms with Crippen molar-refractivity contribution in [1.82, 2.24) is 5.32 Å². The van der Waals surface area contributed by atoms with Crippen molar-refractivity contribution >= 4 is 17.7 Å². The monoisotopic (exact) mass is 242 g/mol. The van der Waals surface area contributed by atoms with E-state index in [9.17, 15) is 14.0 Å². The van der Waals surface area contributed by atoms with Gasteiger partial charge in [0.25, 0.3) is 0 Å². The van der Waals surface area contributed by atoms with Gasteiger partial charge in [0.05, 0.1) is 6.61 Å². The first kappa shape index (κ1) is 12.9. The molecule has 0 aliphatic carbocycles. The molecular weight excluding hydrogens is 231 g/mol. The van der Waals surface area contributed by atoms with Gasteiger partial charge in [-0.2, -0.15) is 0 Å². The Morgan fingerprint density at radius 1 is 1.29 bits per heavy atom. The number of hydrogen-bond acceptors (Lipinski definition) is 3. The standard InChI is InChI=1S/C10H11FN2O4/c11-6-1-3-7(4-2-6)12-10(17)13-8(5-14)9(15)16/h1-4,8,14H,5H2,(H,15,16)(H2,12,13,17)/t8-/m1/s1. The number of nitrogens with one attached hydrogen (secondary N) is 2. The van der Waals surface area contributed by atoms with Crippen molar-refractivity contribution in [1.29, 1.82) is 0 Å². The van der Waals surface area contributed by atoms with Crippen LogP contribution in [0.5, 0.6) is 0 Å². The highest BCUT2D eigenvalue weighted by molar-refractivity contribution is 5.92. The Labute approximate surface area is 96.1 Å². The Morgan fingerprint density at radius 2 is 1.88 bits per heavy atom. The molecule has 0 radical (unpaired) electrons. The summed E-state index contributed by atoms with van der Waals surface area (Å²) >= 11 is 0. The number of aliphatic carboxylic acids is 1. The zero-order valence-electron chi connectivity index (χ0n) is 8.68. The van der Waals surface area contributed by atoms with E-state index in [2.05, 4.69) is 5.32 Å². The summed E-state index contributed by atoms with van der Waals surface area (Å²) in [4.78, 5) is 21.8. The van der Waals surface area contributed by atoms with E-state index in [4.69, 9.17) is 10.2 Å². The molecule has 0 saturated carbocycles. The maximum atomic E-state index is 12.6. The number of aliphatic hydroxyl groups is 1. The zero-order chi connectivity index (χ0) is 12.8. The van der Waals surface area contributed by atoms with Gasteiger partial charge in [-0.15, -0.1) is 0 Å². The molecule has 7 heteroatoms. The normalized spacial score (nSPS) is 11.6. The Hall–Kier alpha value is -2.15. The van der Waals surface area contributed by atoms with E-state index in [-0.39, 0.29) is 0 Å². The first-order valence-electron chi connectivity index (χ1n) is 4.69. The van der Waals surface area contributed by atoms with E-state index in [1.807, 2.05) is 5.32 Å². The first-order valence-corrected chi connectivity index (χ1v) is 4.69. The number of benzene rings is 1. The van der Waals surface area contributed by atoms with Crippen LogP contribution in [0.4, 0.5) is 14.9 Å². The number of rotatable bonds is 4. The number of aliphatic hydroxyl groups excluding tert-OH is 1. The number of anilines is 1. The van der Waals surface area contributed by atoms with Crippen molar-refractivity contribution in [2.75, 3.05) is 11.9 Å². The lowest BCUT2D eigenvalue weighted by Gasteiger charge is -2.12. The summed E-state index contributed by atoms with van der Waals surface area (Å²) in [5.74, 6) is -1.79. The number of urea groups is 1. The molecule has 0 heterocycles. The van der Waals surface area contributed by atoms with Gasteiger partial charge in [-0.3, -0.25) is 0 Å². The van der Waals surface area contributed by atoms with Crippen molar-refractivity contribution < 1.29 is 24.2 Å². The number of carbonyl (C=O) groups is 2. The average Bonchev–Trinajstić information content (AvgIpc) is 2.28. The van der Waals surface area contributed by atoms with E-state index >= 15 is 0 Å². The van der Waals surface area contributed by atoms with E-state index < -0.39 is 30.5 Å². The molecule has 4 N–H and O–H groups in total. The van der Waals surface area contributed by atoms with Crippen LogP contribution in [-0.4, -0.2) is 34.9 Å². The molecule has 0 aromatic heterocycles. The highest BCUT2D eigenvalue weighted by Crippen LogP contribution is 2.07. The van der Waals surface area contributed by atoms with Gasteiger partial charge in [-0.25, -0.2) is 14.0 Å². The second-order valence-corrected chi connectivity index (χ2v) is 3.18. The van der Waals surface area contributed by atoms with E-state index in [0.29, 0.717) is 5.69 Å². The number of amides is 2. The number of halogens is 1. The van der Waals surface area contributed by atoms with Gasteiger partial charge >= 0.3 is 12.0 Å². The Morgan fingerprint density at radius 3 is 2.35 bits per heavy atom. The zero-order valence-corrected chi connectivity index (χ0v) is 8.68. The number of carboxylic acids is 1. The fourth-order valence-electron chi connectivity index (χ4n) is 1.04. The summed E-state index contributed by atoms with van der Waals surface area (Å²) in [6.45, 7) is -0.716. The van der Waals surface area contributed by atoms with Gasteiger partial charge in [-0.05, 0) is 24.3 Å². The predicted molar refractivity (Wildman–Crippen MR) is 57.1 cm³/mol. The summed E-state index contributed by atoms with van der Waals surface area (Å²) in [6.07, 6.45) is 0. The highest BCUT2D eigenvalue weighted by atomic mass is 19.1.